The molecule has 1 atom stereocenters. The van der Waals surface area contributed by atoms with Gasteiger partial charge in [0, 0.05) is 0 Å². The number of nitrogens with one attached hydrogen (secondary N) is 1. The van der Waals surface area contributed by atoms with Crippen molar-refractivity contribution in [2.24, 2.45) is 0 Å². The molecule has 24 heavy (non-hydrogen) atoms. The van der Waals surface area contributed by atoms with Crippen LogP contribution in [0.1, 0.15) is 23.6 Å². The highest BCUT2D eigenvalue weighted by Gasteiger charge is 2.17. The highest BCUT2D eigenvalue weighted by Crippen LogP contribution is 2.27. The molecule has 124 valence electrons. The first kappa shape index (κ1) is 16.5. The van der Waals surface area contributed by atoms with E-state index in [1.54, 1.807) is 6.92 Å². The molecule has 1 aromatic heterocycles. The summed E-state index contributed by atoms with van der Waals surface area (Å²) in [5, 5.41) is 3.44. The molecule has 3 rings (SSSR count). The SMILES string of the molecule is Cc1cc(C)cc(OC(C)C(=O)Nc2nc3ccc(C)cc3s2)c1. The van der Waals surface area contributed by atoms with E-state index in [-0.39, 0.29) is 5.91 Å². The van der Waals surface area contributed by atoms with Crippen LogP contribution in [0.15, 0.2) is 36.4 Å². The second-order valence-corrected chi connectivity index (χ2v) is 7.09. The van der Waals surface area contributed by atoms with Gasteiger partial charge in [-0.05, 0) is 68.7 Å². The molecule has 0 fully saturated rings. The van der Waals surface area contributed by atoms with Crippen molar-refractivity contribution in [1.82, 2.24) is 4.98 Å². The van der Waals surface area contributed by atoms with E-state index in [1.807, 2.05) is 45.0 Å². The number of fused-ring (bicyclic) bond motifs is 1. The molecule has 5 heteroatoms. The number of benzene rings is 2. The third kappa shape index (κ3) is 3.74. The lowest BCUT2D eigenvalue weighted by Crippen LogP contribution is -2.30. The number of hydrogen-bond acceptors (Lipinski definition) is 4. The largest absolute Gasteiger partial charge is 0.481 e. The molecule has 0 saturated heterocycles. The van der Waals surface area contributed by atoms with Crippen molar-refractivity contribution in [1.29, 1.82) is 0 Å². The van der Waals surface area contributed by atoms with Gasteiger partial charge in [0.25, 0.3) is 5.91 Å². The van der Waals surface area contributed by atoms with Crippen LogP contribution in [0.4, 0.5) is 5.13 Å². The van der Waals surface area contributed by atoms with Gasteiger partial charge < -0.3 is 4.74 Å². The number of carbonyl (C=O) groups excluding carboxylic acids is 1. The third-order valence-corrected chi connectivity index (χ3v) is 4.58. The number of rotatable bonds is 4. The molecule has 1 heterocycles. The van der Waals surface area contributed by atoms with E-state index in [2.05, 4.69) is 22.4 Å². The predicted molar refractivity (Wildman–Crippen MR) is 99.0 cm³/mol. The number of aromatic nitrogens is 1. The van der Waals surface area contributed by atoms with Gasteiger partial charge in [-0.25, -0.2) is 4.98 Å². The van der Waals surface area contributed by atoms with E-state index in [1.165, 1.54) is 16.9 Å². The van der Waals surface area contributed by atoms with Crippen molar-refractivity contribution in [3.63, 3.8) is 0 Å². The van der Waals surface area contributed by atoms with Crippen molar-refractivity contribution in [2.45, 2.75) is 33.8 Å². The Hall–Kier alpha value is -2.40. The van der Waals surface area contributed by atoms with Crippen molar-refractivity contribution >= 4 is 32.6 Å². The Labute approximate surface area is 145 Å². The highest BCUT2D eigenvalue weighted by atomic mass is 32.1. The Balaban J connectivity index is 1.70. The molecule has 0 aliphatic rings. The topological polar surface area (TPSA) is 51.2 Å². The fourth-order valence-electron chi connectivity index (χ4n) is 2.55. The fraction of sp³-hybridized carbons (Fsp3) is 0.263. The second-order valence-electron chi connectivity index (χ2n) is 6.06. The standard InChI is InChI=1S/C19H20N2O2S/c1-11-5-6-16-17(10-11)24-19(20-16)21-18(22)14(4)23-15-8-12(2)7-13(3)9-15/h5-10,14H,1-4H3,(H,20,21,22). The molecule has 0 radical (unpaired) electrons. The number of ether oxygens (including phenoxy) is 1. The monoisotopic (exact) mass is 340 g/mol. The smallest absolute Gasteiger partial charge is 0.266 e. The van der Waals surface area contributed by atoms with Crippen molar-refractivity contribution in [2.75, 3.05) is 5.32 Å². The average Bonchev–Trinajstić information content (AvgIpc) is 2.87. The third-order valence-electron chi connectivity index (χ3n) is 3.65. The van der Waals surface area contributed by atoms with Gasteiger partial charge in [-0.3, -0.25) is 10.1 Å². The summed E-state index contributed by atoms with van der Waals surface area (Å²) in [6.45, 7) is 7.79. The number of anilines is 1. The normalized spacial score (nSPS) is 12.2. The highest BCUT2D eigenvalue weighted by molar-refractivity contribution is 7.22. The molecule has 0 aliphatic carbocycles. The number of thiazole rings is 1. The van der Waals surface area contributed by atoms with Gasteiger partial charge in [-0.1, -0.05) is 23.5 Å². The lowest BCUT2D eigenvalue weighted by atomic mass is 10.1. The van der Waals surface area contributed by atoms with Gasteiger partial charge in [0.1, 0.15) is 5.75 Å². The molecule has 0 bridgehead atoms. The van der Waals surface area contributed by atoms with Gasteiger partial charge in [0.15, 0.2) is 11.2 Å². The molecule has 0 aliphatic heterocycles. The first-order chi connectivity index (χ1) is 11.4. The van der Waals surface area contributed by atoms with Gasteiger partial charge in [0.05, 0.1) is 10.2 Å². The summed E-state index contributed by atoms with van der Waals surface area (Å²) in [7, 11) is 0. The van der Waals surface area contributed by atoms with Gasteiger partial charge in [0.2, 0.25) is 0 Å². The molecular weight excluding hydrogens is 320 g/mol. The van der Waals surface area contributed by atoms with E-state index in [4.69, 9.17) is 4.74 Å². The first-order valence-electron chi connectivity index (χ1n) is 7.84. The van der Waals surface area contributed by atoms with E-state index in [0.717, 1.165) is 21.3 Å². The number of carbonyl (C=O) groups is 1. The van der Waals surface area contributed by atoms with Crippen LogP contribution >= 0.6 is 11.3 Å². The summed E-state index contributed by atoms with van der Waals surface area (Å²) in [4.78, 5) is 16.8. The van der Waals surface area contributed by atoms with Gasteiger partial charge >= 0.3 is 0 Å². The minimum atomic E-state index is -0.597. The lowest BCUT2D eigenvalue weighted by molar-refractivity contribution is -0.122. The Morgan fingerprint density at radius 3 is 2.50 bits per heavy atom. The second kappa shape index (κ2) is 6.61. The van der Waals surface area contributed by atoms with Crippen LogP contribution in [-0.4, -0.2) is 17.0 Å². The van der Waals surface area contributed by atoms with Gasteiger partial charge in [-0.2, -0.15) is 0 Å². The van der Waals surface area contributed by atoms with Crippen molar-refractivity contribution < 1.29 is 9.53 Å². The maximum Gasteiger partial charge on any atom is 0.266 e. The lowest BCUT2D eigenvalue weighted by Gasteiger charge is -2.14. The molecule has 0 spiro atoms. The summed E-state index contributed by atoms with van der Waals surface area (Å²) < 4.78 is 6.83. The Kier molecular flexibility index (Phi) is 4.53. The summed E-state index contributed by atoms with van der Waals surface area (Å²) >= 11 is 1.47. The zero-order chi connectivity index (χ0) is 17.3. The quantitative estimate of drug-likeness (QED) is 0.753. The molecule has 4 nitrogen and oxygen atoms in total. The van der Waals surface area contributed by atoms with E-state index >= 15 is 0 Å². The summed E-state index contributed by atoms with van der Waals surface area (Å²) in [6, 6.07) is 12.0. The fourth-order valence-corrected chi connectivity index (χ4v) is 3.52. The van der Waals surface area contributed by atoms with Crippen LogP contribution in [0.3, 0.4) is 0 Å². The van der Waals surface area contributed by atoms with Gasteiger partial charge in [-0.15, -0.1) is 0 Å². The molecule has 1 amide bonds. The van der Waals surface area contributed by atoms with Crippen molar-refractivity contribution in [3.8, 4) is 5.75 Å². The zero-order valence-corrected chi connectivity index (χ0v) is 15.0. The number of hydrogen-bond donors (Lipinski definition) is 1. The van der Waals surface area contributed by atoms with E-state index < -0.39 is 6.10 Å². The number of aryl methyl sites for hydroxylation is 3. The van der Waals surface area contributed by atoms with Crippen LogP contribution < -0.4 is 10.1 Å². The molecule has 2 aromatic carbocycles. The minimum absolute atomic E-state index is 0.204. The van der Waals surface area contributed by atoms with Crippen LogP contribution in [-0.2, 0) is 4.79 Å². The Bertz CT molecular complexity index is 881. The summed E-state index contributed by atoms with van der Waals surface area (Å²) in [6.07, 6.45) is -0.597. The summed E-state index contributed by atoms with van der Waals surface area (Å²) in [5.41, 5.74) is 4.29. The van der Waals surface area contributed by atoms with E-state index in [9.17, 15) is 4.79 Å². The maximum absolute atomic E-state index is 12.4. The predicted octanol–water partition coefficient (Wildman–Crippen LogP) is 4.63. The number of amides is 1. The van der Waals surface area contributed by atoms with Crippen LogP contribution in [0.5, 0.6) is 5.75 Å². The maximum atomic E-state index is 12.4. The molecule has 1 unspecified atom stereocenters. The summed E-state index contributed by atoms with van der Waals surface area (Å²) in [5.74, 6) is 0.500. The number of nitrogens with zero attached hydrogens (tertiary/aromatic N) is 1. The van der Waals surface area contributed by atoms with E-state index in [0.29, 0.717) is 10.9 Å². The van der Waals surface area contributed by atoms with Crippen molar-refractivity contribution in [3.05, 3.63) is 53.1 Å². The first-order valence-corrected chi connectivity index (χ1v) is 8.65. The Morgan fingerprint density at radius 1 is 1.08 bits per heavy atom. The molecule has 0 saturated carbocycles. The Morgan fingerprint density at radius 2 is 1.79 bits per heavy atom. The average molecular weight is 340 g/mol. The van der Waals surface area contributed by atoms with Crippen LogP contribution in [0, 0.1) is 20.8 Å². The zero-order valence-electron chi connectivity index (χ0n) is 14.2. The van der Waals surface area contributed by atoms with Crippen LogP contribution in [0.25, 0.3) is 10.2 Å². The molecule has 3 aromatic rings. The molecular formula is C19H20N2O2S. The minimum Gasteiger partial charge on any atom is -0.481 e. The van der Waals surface area contributed by atoms with Crippen LogP contribution in [0.2, 0.25) is 0 Å². The molecule has 1 N–H and O–H groups in total.